The van der Waals surface area contributed by atoms with Crippen LogP contribution in [0.5, 0.6) is 0 Å². The molecule has 2 heteroatoms. The van der Waals surface area contributed by atoms with Crippen molar-refractivity contribution in [2.75, 3.05) is 0 Å². The molecule has 1 rings (SSSR count). The van der Waals surface area contributed by atoms with Crippen molar-refractivity contribution in [1.29, 1.82) is 0 Å². The maximum Gasteiger partial charge on any atom is 0.0317 e. The summed E-state index contributed by atoms with van der Waals surface area (Å²) < 4.78 is 1.25. The van der Waals surface area contributed by atoms with Crippen LogP contribution >= 0.6 is 27.3 Å². The van der Waals surface area contributed by atoms with Crippen molar-refractivity contribution >= 4 is 27.3 Å². The average molecular weight is 235 g/mol. The fourth-order valence-electron chi connectivity index (χ4n) is 0.717. The Morgan fingerprint density at radius 3 is 2.09 bits per heavy atom. The van der Waals surface area contributed by atoms with Crippen LogP contribution in [0.3, 0.4) is 0 Å². The first-order valence-corrected chi connectivity index (χ1v) is 5.62. The summed E-state index contributed by atoms with van der Waals surface area (Å²) in [7, 11) is 0. The lowest BCUT2D eigenvalue weighted by molar-refractivity contribution is 0.885. The highest BCUT2D eigenvalue weighted by atomic mass is 79.9. The van der Waals surface area contributed by atoms with Crippen molar-refractivity contribution < 1.29 is 0 Å². The molecule has 0 aromatic carbocycles. The monoisotopic (exact) mass is 234 g/mol. The van der Waals surface area contributed by atoms with Crippen molar-refractivity contribution in [3.8, 4) is 0 Å². The molecule has 0 aliphatic carbocycles. The number of thiophene rings is 1. The second kappa shape index (κ2) is 5.78. The van der Waals surface area contributed by atoms with Crippen LogP contribution in [0.15, 0.2) is 15.9 Å². The lowest BCUT2D eigenvalue weighted by Crippen LogP contribution is -1.79. The normalized spacial score (nSPS) is 9.27. The third-order valence-corrected chi connectivity index (χ3v) is 3.34. The molecule has 1 heterocycles. The molecule has 0 nitrogen and oxygen atoms in total. The summed E-state index contributed by atoms with van der Waals surface area (Å²) in [5.41, 5.74) is 0. The number of hydrogen-bond acceptors (Lipinski definition) is 1. The molecule has 0 bridgehead atoms. The molecule has 0 unspecified atom stereocenters. The van der Waals surface area contributed by atoms with E-state index in [2.05, 4.69) is 41.2 Å². The summed E-state index contributed by atoms with van der Waals surface area (Å²) in [5, 5.41) is 2.11. The molecule has 0 radical (unpaired) electrons. The van der Waals surface area contributed by atoms with Crippen molar-refractivity contribution in [1.82, 2.24) is 0 Å². The molecule has 0 fully saturated rings. The third kappa shape index (κ3) is 3.39. The number of rotatable bonds is 1. The molecule has 11 heavy (non-hydrogen) atoms. The number of hydrogen-bond donors (Lipinski definition) is 0. The smallest absolute Gasteiger partial charge is 0.0317 e. The van der Waals surface area contributed by atoms with Crippen molar-refractivity contribution in [3.63, 3.8) is 0 Å². The van der Waals surface area contributed by atoms with Gasteiger partial charge in [0.1, 0.15) is 0 Å². The van der Waals surface area contributed by atoms with Crippen LogP contribution in [0.4, 0.5) is 0 Å². The molecule has 64 valence electrons. The maximum absolute atomic E-state index is 3.48. The first kappa shape index (κ1) is 11.2. The van der Waals surface area contributed by atoms with Crippen LogP contribution in [0.1, 0.15) is 38.5 Å². The van der Waals surface area contributed by atoms with Crippen LogP contribution in [-0.4, -0.2) is 0 Å². The molecule has 0 amide bonds. The van der Waals surface area contributed by atoms with Gasteiger partial charge in [-0.25, -0.2) is 0 Å². The fourth-order valence-corrected chi connectivity index (χ4v) is 2.57. The molecule has 0 atom stereocenters. The Balaban J connectivity index is 0.000000461. The van der Waals surface area contributed by atoms with Gasteiger partial charge in [0.05, 0.1) is 0 Å². The van der Waals surface area contributed by atoms with Gasteiger partial charge in [0.25, 0.3) is 0 Å². The zero-order chi connectivity index (χ0) is 8.85. The highest BCUT2D eigenvalue weighted by Crippen LogP contribution is 2.29. The summed E-state index contributed by atoms with van der Waals surface area (Å²) in [4.78, 5) is 1.44. The van der Waals surface area contributed by atoms with Crippen LogP contribution in [-0.2, 0) is 0 Å². The minimum absolute atomic E-state index is 0.652. The van der Waals surface area contributed by atoms with E-state index in [0.717, 1.165) is 0 Å². The van der Waals surface area contributed by atoms with Gasteiger partial charge in [-0.15, -0.1) is 11.3 Å². The second-order valence-electron chi connectivity index (χ2n) is 2.29. The van der Waals surface area contributed by atoms with Gasteiger partial charge >= 0.3 is 0 Å². The van der Waals surface area contributed by atoms with Crippen LogP contribution < -0.4 is 0 Å². The van der Waals surface area contributed by atoms with Gasteiger partial charge in [-0.05, 0) is 33.3 Å². The highest BCUT2D eigenvalue weighted by molar-refractivity contribution is 9.10. The Morgan fingerprint density at radius 1 is 1.36 bits per heavy atom. The summed E-state index contributed by atoms with van der Waals surface area (Å²) in [6.07, 6.45) is 0. The van der Waals surface area contributed by atoms with E-state index >= 15 is 0 Å². The van der Waals surface area contributed by atoms with Gasteiger partial charge in [0.2, 0.25) is 0 Å². The van der Waals surface area contributed by atoms with Crippen molar-refractivity contribution in [2.24, 2.45) is 0 Å². The minimum Gasteiger partial charge on any atom is -0.147 e. The molecule has 1 aromatic rings. The van der Waals surface area contributed by atoms with E-state index in [1.54, 1.807) is 0 Å². The Labute approximate surface area is 81.8 Å². The van der Waals surface area contributed by atoms with Crippen LogP contribution in [0.2, 0.25) is 0 Å². The zero-order valence-corrected chi connectivity index (χ0v) is 9.92. The molecule has 0 aliphatic heterocycles. The summed E-state index contributed by atoms with van der Waals surface area (Å²) in [6, 6.07) is 2.10. The largest absolute Gasteiger partial charge is 0.147 e. The Bertz CT molecular complexity index is 191. The van der Waals surface area contributed by atoms with E-state index in [1.165, 1.54) is 9.35 Å². The first-order chi connectivity index (χ1) is 5.22. The third-order valence-electron chi connectivity index (χ3n) is 1.17. The molecular weight excluding hydrogens is 220 g/mol. The van der Waals surface area contributed by atoms with E-state index < -0.39 is 0 Å². The fraction of sp³-hybridized carbons (Fsp3) is 0.556. The van der Waals surface area contributed by atoms with Crippen molar-refractivity contribution in [3.05, 3.63) is 20.8 Å². The first-order valence-electron chi connectivity index (χ1n) is 3.94. The maximum atomic E-state index is 3.48. The molecule has 0 saturated heterocycles. The molecule has 0 N–H and O–H groups in total. The zero-order valence-electron chi connectivity index (χ0n) is 7.52. The SMILES string of the molecule is CC.CC(C)c1sccc1Br. The van der Waals surface area contributed by atoms with E-state index in [9.17, 15) is 0 Å². The van der Waals surface area contributed by atoms with Crippen molar-refractivity contribution in [2.45, 2.75) is 33.6 Å². The van der Waals surface area contributed by atoms with Gasteiger partial charge in [-0.3, -0.25) is 0 Å². The van der Waals surface area contributed by atoms with E-state index in [-0.39, 0.29) is 0 Å². The van der Waals surface area contributed by atoms with Gasteiger partial charge in [-0.1, -0.05) is 27.7 Å². The Morgan fingerprint density at radius 2 is 1.91 bits per heavy atom. The standard InChI is InChI=1S/C7H9BrS.C2H6/c1-5(2)7-6(8)3-4-9-7;1-2/h3-5H,1-2H3;1-2H3. The molecule has 0 spiro atoms. The molecule has 0 aliphatic rings. The van der Waals surface area contributed by atoms with Gasteiger partial charge in [0, 0.05) is 9.35 Å². The minimum atomic E-state index is 0.652. The average Bonchev–Trinajstić information content (AvgIpc) is 2.39. The predicted octanol–water partition coefficient (Wildman–Crippen LogP) is 4.66. The predicted molar refractivity (Wildman–Crippen MR) is 57.5 cm³/mol. The lowest BCUT2D eigenvalue weighted by atomic mass is 10.2. The Hall–Kier alpha value is 0.180. The molecule has 1 aromatic heterocycles. The van der Waals surface area contributed by atoms with E-state index in [1.807, 2.05) is 25.2 Å². The van der Waals surface area contributed by atoms with Crippen LogP contribution in [0, 0.1) is 0 Å². The molecular formula is C9H15BrS. The van der Waals surface area contributed by atoms with Crippen LogP contribution in [0.25, 0.3) is 0 Å². The number of halogens is 1. The van der Waals surface area contributed by atoms with E-state index in [4.69, 9.17) is 0 Å². The Kier molecular flexibility index (Phi) is 5.88. The quantitative estimate of drug-likeness (QED) is 0.664. The summed E-state index contributed by atoms with van der Waals surface area (Å²) >= 11 is 5.29. The van der Waals surface area contributed by atoms with Gasteiger partial charge in [0.15, 0.2) is 0 Å². The second-order valence-corrected chi connectivity index (χ2v) is 4.09. The lowest BCUT2D eigenvalue weighted by Gasteiger charge is -1.99. The highest BCUT2D eigenvalue weighted by Gasteiger charge is 2.03. The summed E-state index contributed by atoms with van der Waals surface area (Å²) in [5.74, 6) is 0.652. The summed E-state index contributed by atoms with van der Waals surface area (Å²) in [6.45, 7) is 8.41. The van der Waals surface area contributed by atoms with Gasteiger partial charge in [-0.2, -0.15) is 0 Å². The van der Waals surface area contributed by atoms with E-state index in [0.29, 0.717) is 5.92 Å². The topological polar surface area (TPSA) is 0 Å². The van der Waals surface area contributed by atoms with Gasteiger partial charge < -0.3 is 0 Å². The molecule has 0 saturated carbocycles.